The van der Waals surface area contributed by atoms with Gasteiger partial charge in [0.1, 0.15) is 23.7 Å². The minimum atomic E-state index is -0.0556. The van der Waals surface area contributed by atoms with E-state index in [1.54, 1.807) is 7.11 Å². The van der Waals surface area contributed by atoms with E-state index in [0.717, 1.165) is 18.1 Å². The molecule has 0 N–H and O–H groups in total. The molecule has 0 amide bonds. The Morgan fingerprint density at radius 2 is 1.86 bits per heavy atom. The topological polar surface area (TPSA) is 31.0 Å². The van der Waals surface area contributed by atoms with E-state index >= 15 is 0 Å². The molecule has 1 fully saturated rings. The van der Waals surface area contributed by atoms with E-state index in [1.807, 2.05) is 31.2 Å². The molecule has 0 radical (unpaired) electrons. The Kier molecular flexibility index (Phi) is 2.33. The lowest BCUT2D eigenvalue weighted by Crippen LogP contribution is -2.16. The van der Waals surface area contributed by atoms with Gasteiger partial charge >= 0.3 is 0 Å². The summed E-state index contributed by atoms with van der Waals surface area (Å²) in [7, 11) is 1.65. The highest BCUT2D eigenvalue weighted by Gasteiger charge is 2.40. The molecule has 0 saturated carbocycles. The summed E-state index contributed by atoms with van der Waals surface area (Å²) < 4.78 is 15.8. The number of epoxide rings is 1. The van der Waals surface area contributed by atoms with Crippen LogP contribution in [0.3, 0.4) is 0 Å². The molecule has 1 heterocycles. The third-order valence-corrected chi connectivity index (χ3v) is 2.24. The molecular formula is C11H14O3. The van der Waals surface area contributed by atoms with Gasteiger partial charge in [0.2, 0.25) is 0 Å². The largest absolute Gasteiger partial charge is 0.497 e. The van der Waals surface area contributed by atoms with Gasteiger partial charge in [-0.3, -0.25) is 0 Å². The average molecular weight is 194 g/mol. The molecule has 0 aliphatic carbocycles. The molecule has 0 unspecified atom stereocenters. The van der Waals surface area contributed by atoms with E-state index in [-0.39, 0.29) is 5.60 Å². The van der Waals surface area contributed by atoms with E-state index in [9.17, 15) is 0 Å². The summed E-state index contributed by atoms with van der Waals surface area (Å²) >= 11 is 0. The van der Waals surface area contributed by atoms with Crippen molar-refractivity contribution in [2.45, 2.75) is 12.5 Å². The van der Waals surface area contributed by atoms with Crippen molar-refractivity contribution < 1.29 is 14.2 Å². The van der Waals surface area contributed by atoms with Crippen LogP contribution < -0.4 is 9.47 Å². The highest BCUT2D eigenvalue weighted by molar-refractivity contribution is 5.31. The number of hydrogen-bond acceptors (Lipinski definition) is 3. The van der Waals surface area contributed by atoms with Crippen molar-refractivity contribution in [2.24, 2.45) is 0 Å². The number of methoxy groups -OCH3 is 1. The zero-order chi connectivity index (χ0) is 10.0. The molecule has 1 aliphatic heterocycles. The van der Waals surface area contributed by atoms with Gasteiger partial charge in [-0.25, -0.2) is 0 Å². The average Bonchev–Trinajstić information content (AvgIpc) is 2.95. The molecule has 76 valence electrons. The van der Waals surface area contributed by atoms with Gasteiger partial charge in [0.25, 0.3) is 0 Å². The number of rotatable bonds is 4. The quantitative estimate of drug-likeness (QED) is 0.685. The van der Waals surface area contributed by atoms with Crippen LogP contribution in [-0.2, 0) is 4.74 Å². The fourth-order valence-corrected chi connectivity index (χ4v) is 1.11. The summed E-state index contributed by atoms with van der Waals surface area (Å²) in [6.07, 6.45) is 0. The maximum absolute atomic E-state index is 5.55. The van der Waals surface area contributed by atoms with Crippen molar-refractivity contribution >= 4 is 0 Å². The van der Waals surface area contributed by atoms with Crippen LogP contribution >= 0.6 is 0 Å². The zero-order valence-corrected chi connectivity index (χ0v) is 8.45. The highest BCUT2D eigenvalue weighted by Crippen LogP contribution is 2.27. The molecule has 3 heteroatoms. The smallest absolute Gasteiger partial charge is 0.123 e. The molecule has 3 nitrogen and oxygen atoms in total. The SMILES string of the molecule is COc1ccc(OC[C@]2(C)CO2)cc1. The summed E-state index contributed by atoms with van der Waals surface area (Å²) in [5.74, 6) is 1.69. The molecule has 1 aromatic carbocycles. The van der Waals surface area contributed by atoms with Crippen LogP contribution in [0.2, 0.25) is 0 Å². The number of hydrogen-bond donors (Lipinski definition) is 0. The molecule has 1 aliphatic rings. The molecule has 1 saturated heterocycles. The Morgan fingerprint density at radius 1 is 1.29 bits per heavy atom. The molecule has 0 aromatic heterocycles. The first-order valence-electron chi connectivity index (χ1n) is 4.63. The molecule has 14 heavy (non-hydrogen) atoms. The Morgan fingerprint density at radius 3 is 2.36 bits per heavy atom. The van der Waals surface area contributed by atoms with Crippen molar-refractivity contribution in [3.8, 4) is 11.5 Å². The van der Waals surface area contributed by atoms with Crippen LogP contribution in [0.25, 0.3) is 0 Å². The van der Waals surface area contributed by atoms with Crippen LogP contribution in [0.15, 0.2) is 24.3 Å². The van der Waals surface area contributed by atoms with Gasteiger partial charge in [0.05, 0.1) is 13.7 Å². The standard InChI is InChI=1S/C11H14O3/c1-11(8-14-11)7-13-10-5-3-9(12-2)4-6-10/h3-6H,7-8H2,1-2H3/t11-/m1/s1. The van der Waals surface area contributed by atoms with Crippen molar-refractivity contribution in [1.29, 1.82) is 0 Å². The van der Waals surface area contributed by atoms with Crippen LogP contribution in [0.1, 0.15) is 6.92 Å². The summed E-state index contributed by atoms with van der Waals surface area (Å²) in [5.41, 5.74) is -0.0556. The minimum Gasteiger partial charge on any atom is -0.497 e. The van der Waals surface area contributed by atoms with Gasteiger partial charge in [-0.1, -0.05) is 0 Å². The Labute approximate surface area is 83.6 Å². The third kappa shape index (κ3) is 2.17. The molecule has 2 rings (SSSR count). The number of benzene rings is 1. The van der Waals surface area contributed by atoms with Gasteiger partial charge in [-0.2, -0.15) is 0 Å². The maximum atomic E-state index is 5.55. The first-order valence-corrected chi connectivity index (χ1v) is 4.63. The van der Waals surface area contributed by atoms with E-state index in [4.69, 9.17) is 14.2 Å². The Balaban J connectivity index is 1.89. The third-order valence-electron chi connectivity index (χ3n) is 2.24. The first-order chi connectivity index (χ1) is 6.72. The molecular weight excluding hydrogens is 180 g/mol. The first kappa shape index (κ1) is 9.34. The fourth-order valence-electron chi connectivity index (χ4n) is 1.11. The fraction of sp³-hybridized carbons (Fsp3) is 0.455. The van der Waals surface area contributed by atoms with Crippen molar-refractivity contribution in [2.75, 3.05) is 20.3 Å². The van der Waals surface area contributed by atoms with E-state index in [0.29, 0.717) is 6.61 Å². The molecule has 0 bridgehead atoms. The zero-order valence-electron chi connectivity index (χ0n) is 8.45. The van der Waals surface area contributed by atoms with Crippen LogP contribution in [0.5, 0.6) is 11.5 Å². The normalized spacial score (nSPS) is 24.4. The molecule has 1 atom stereocenters. The Bertz CT molecular complexity index is 301. The van der Waals surface area contributed by atoms with Crippen LogP contribution in [0.4, 0.5) is 0 Å². The predicted octanol–water partition coefficient (Wildman–Crippen LogP) is 1.86. The maximum Gasteiger partial charge on any atom is 0.123 e. The second-order valence-electron chi connectivity index (χ2n) is 3.70. The lowest BCUT2D eigenvalue weighted by atomic mass is 10.2. The van der Waals surface area contributed by atoms with Gasteiger partial charge in [0.15, 0.2) is 0 Å². The van der Waals surface area contributed by atoms with Crippen molar-refractivity contribution in [3.05, 3.63) is 24.3 Å². The van der Waals surface area contributed by atoms with Gasteiger partial charge in [-0.05, 0) is 31.2 Å². The molecule has 0 spiro atoms. The van der Waals surface area contributed by atoms with Crippen molar-refractivity contribution in [1.82, 2.24) is 0 Å². The monoisotopic (exact) mass is 194 g/mol. The second-order valence-corrected chi connectivity index (χ2v) is 3.70. The predicted molar refractivity (Wildman–Crippen MR) is 52.8 cm³/mol. The van der Waals surface area contributed by atoms with E-state index < -0.39 is 0 Å². The van der Waals surface area contributed by atoms with Crippen LogP contribution in [-0.4, -0.2) is 25.9 Å². The summed E-state index contributed by atoms with van der Waals surface area (Å²) in [6.45, 7) is 3.44. The summed E-state index contributed by atoms with van der Waals surface area (Å²) in [6, 6.07) is 7.55. The van der Waals surface area contributed by atoms with E-state index in [1.165, 1.54) is 0 Å². The lowest BCUT2D eigenvalue weighted by Gasteiger charge is -2.08. The lowest BCUT2D eigenvalue weighted by molar-refractivity contribution is 0.202. The summed E-state index contributed by atoms with van der Waals surface area (Å²) in [4.78, 5) is 0. The highest BCUT2D eigenvalue weighted by atomic mass is 16.6. The van der Waals surface area contributed by atoms with Gasteiger partial charge in [-0.15, -0.1) is 0 Å². The van der Waals surface area contributed by atoms with Crippen LogP contribution in [0, 0.1) is 0 Å². The number of ether oxygens (including phenoxy) is 3. The Hall–Kier alpha value is -1.22. The van der Waals surface area contributed by atoms with E-state index in [2.05, 4.69) is 0 Å². The summed E-state index contributed by atoms with van der Waals surface area (Å²) in [5, 5.41) is 0. The minimum absolute atomic E-state index is 0.0556. The van der Waals surface area contributed by atoms with Gasteiger partial charge in [0, 0.05) is 0 Å². The van der Waals surface area contributed by atoms with Gasteiger partial charge < -0.3 is 14.2 Å². The second kappa shape index (κ2) is 3.50. The van der Waals surface area contributed by atoms with Crippen molar-refractivity contribution in [3.63, 3.8) is 0 Å². The molecule has 1 aromatic rings.